The van der Waals surface area contributed by atoms with Crippen molar-refractivity contribution in [3.05, 3.63) is 69.3 Å². The topological polar surface area (TPSA) is 48.1 Å². The number of aromatic nitrogens is 1. The van der Waals surface area contributed by atoms with Crippen LogP contribution in [0.4, 0.5) is 5.69 Å². The van der Waals surface area contributed by atoms with E-state index in [0.29, 0.717) is 9.86 Å². The third kappa shape index (κ3) is 1.92. The van der Waals surface area contributed by atoms with Gasteiger partial charge in [0.25, 0.3) is 5.69 Å². The first-order valence-corrected chi connectivity index (χ1v) is 6.47. The zero-order valence-corrected chi connectivity index (χ0v) is 11.4. The van der Waals surface area contributed by atoms with E-state index >= 15 is 0 Å². The molecule has 2 aromatic carbocycles. The molecule has 0 aliphatic carbocycles. The van der Waals surface area contributed by atoms with Crippen molar-refractivity contribution in [1.29, 1.82) is 0 Å². The molecule has 0 bridgehead atoms. The molecule has 0 saturated heterocycles. The third-order valence-corrected chi connectivity index (χ3v) is 3.65. The maximum Gasteiger partial charge on any atom is 0.292 e. The average Bonchev–Trinajstić information content (AvgIpc) is 2.82. The lowest BCUT2D eigenvalue weighted by Gasteiger charge is -2.05. The number of hydrogen-bond donors (Lipinski definition) is 0. The van der Waals surface area contributed by atoms with Crippen LogP contribution in [-0.4, -0.2) is 9.49 Å². The van der Waals surface area contributed by atoms with Crippen molar-refractivity contribution in [2.24, 2.45) is 0 Å². The second-order valence-corrected chi connectivity index (χ2v) is 4.96. The van der Waals surface area contributed by atoms with E-state index in [-0.39, 0.29) is 10.6 Å². The van der Waals surface area contributed by atoms with E-state index in [0.717, 1.165) is 11.2 Å². The molecule has 1 aromatic heterocycles. The number of para-hydroxylation sites is 1. The Kier molecular flexibility index (Phi) is 2.83. The first-order chi connectivity index (χ1) is 9.18. The monoisotopic (exact) mass is 316 g/mol. The van der Waals surface area contributed by atoms with E-state index in [1.165, 1.54) is 0 Å². The van der Waals surface area contributed by atoms with Crippen molar-refractivity contribution in [2.75, 3.05) is 0 Å². The average molecular weight is 317 g/mol. The van der Waals surface area contributed by atoms with Gasteiger partial charge in [-0.3, -0.25) is 10.1 Å². The molecule has 0 fully saturated rings. The zero-order valence-electron chi connectivity index (χ0n) is 9.79. The first-order valence-electron chi connectivity index (χ1n) is 5.68. The molecule has 0 radical (unpaired) electrons. The van der Waals surface area contributed by atoms with Crippen LogP contribution in [0.3, 0.4) is 0 Å². The van der Waals surface area contributed by atoms with Crippen molar-refractivity contribution in [3.63, 3.8) is 0 Å². The van der Waals surface area contributed by atoms with Gasteiger partial charge in [0, 0.05) is 11.9 Å². The Balaban J connectivity index is 2.32. The quantitative estimate of drug-likeness (QED) is 0.522. The summed E-state index contributed by atoms with van der Waals surface area (Å²) in [7, 11) is 0. The van der Waals surface area contributed by atoms with Gasteiger partial charge in [0.15, 0.2) is 0 Å². The molecule has 0 saturated carbocycles. The molecule has 0 aliphatic heterocycles. The van der Waals surface area contributed by atoms with Crippen LogP contribution < -0.4 is 0 Å². The molecule has 19 heavy (non-hydrogen) atoms. The van der Waals surface area contributed by atoms with Crippen LogP contribution in [0.25, 0.3) is 16.6 Å². The molecule has 5 heteroatoms. The summed E-state index contributed by atoms with van der Waals surface area (Å²) < 4.78 is 2.44. The summed E-state index contributed by atoms with van der Waals surface area (Å²) in [6, 6.07) is 15.1. The largest absolute Gasteiger partial charge is 0.316 e. The fourth-order valence-corrected chi connectivity index (χ4v) is 2.66. The molecule has 0 N–H and O–H groups in total. The van der Waals surface area contributed by atoms with Crippen LogP contribution >= 0.6 is 15.9 Å². The van der Waals surface area contributed by atoms with E-state index in [2.05, 4.69) is 15.9 Å². The van der Waals surface area contributed by atoms with Gasteiger partial charge in [-0.1, -0.05) is 18.2 Å². The number of rotatable bonds is 2. The molecule has 0 spiro atoms. The van der Waals surface area contributed by atoms with Crippen LogP contribution in [0, 0.1) is 10.1 Å². The lowest BCUT2D eigenvalue weighted by molar-refractivity contribution is -0.383. The van der Waals surface area contributed by atoms with Gasteiger partial charge in [-0.05, 0) is 46.3 Å². The molecule has 0 atom stereocenters. The minimum Gasteiger partial charge on any atom is -0.316 e. The summed E-state index contributed by atoms with van der Waals surface area (Å²) in [5.41, 5.74) is 1.91. The third-order valence-electron chi connectivity index (χ3n) is 3.01. The van der Waals surface area contributed by atoms with Crippen LogP contribution in [0.1, 0.15) is 0 Å². The maximum atomic E-state index is 11.1. The van der Waals surface area contributed by atoms with Gasteiger partial charge >= 0.3 is 0 Å². The number of nitro benzene ring substituents is 1. The smallest absolute Gasteiger partial charge is 0.292 e. The second-order valence-electron chi connectivity index (χ2n) is 4.11. The summed E-state index contributed by atoms with van der Waals surface area (Å²) >= 11 is 3.23. The maximum absolute atomic E-state index is 11.1. The summed E-state index contributed by atoms with van der Waals surface area (Å²) in [6.07, 6.45) is 1.85. The predicted molar refractivity (Wildman–Crippen MR) is 77.6 cm³/mol. The Bertz CT molecular complexity index is 766. The van der Waals surface area contributed by atoms with Gasteiger partial charge in [0.1, 0.15) is 0 Å². The van der Waals surface area contributed by atoms with E-state index in [1.807, 2.05) is 47.2 Å². The van der Waals surface area contributed by atoms with Crippen molar-refractivity contribution in [2.45, 2.75) is 0 Å². The highest BCUT2D eigenvalue weighted by molar-refractivity contribution is 9.10. The fraction of sp³-hybridized carbons (Fsp3) is 0. The van der Waals surface area contributed by atoms with Gasteiger partial charge < -0.3 is 4.57 Å². The van der Waals surface area contributed by atoms with Crippen molar-refractivity contribution in [1.82, 2.24) is 4.57 Å². The Morgan fingerprint density at radius 2 is 1.79 bits per heavy atom. The van der Waals surface area contributed by atoms with Crippen LogP contribution in [0.15, 0.2) is 59.2 Å². The minimum atomic E-state index is -0.359. The Morgan fingerprint density at radius 1 is 1.05 bits per heavy atom. The van der Waals surface area contributed by atoms with E-state index in [4.69, 9.17) is 0 Å². The Hall–Kier alpha value is -2.14. The van der Waals surface area contributed by atoms with Crippen LogP contribution in [0.5, 0.6) is 0 Å². The molecule has 0 aliphatic rings. The minimum absolute atomic E-state index is 0.104. The lowest BCUT2D eigenvalue weighted by Crippen LogP contribution is -1.93. The predicted octanol–water partition coefficient (Wildman–Crippen LogP) is 4.30. The number of hydrogen-bond acceptors (Lipinski definition) is 2. The summed E-state index contributed by atoms with van der Waals surface area (Å²) in [5, 5.41) is 11.8. The van der Waals surface area contributed by atoms with Gasteiger partial charge in [-0.2, -0.15) is 0 Å². The molecule has 0 unspecified atom stereocenters. The highest BCUT2D eigenvalue weighted by Crippen LogP contribution is 2.34. The van der Waals surface area contributed by atoms with Gasteiger partial charge in [0.2, 0.25) is 0 Å². The van der Waals surface area contributed by atoms with Gasteiger partial charge in [-0.25, -0.2) is 0 Å². The molecular formula is C14H9BrN2O2. The second kappa shape index (κ2) is 4.51. The number of nitro groups is 1. The molecular weight excluding hydrogens is 308 g/mol. The number of nitrogens with zero attached hydrogens (tertiary/aromatic N) is 2. The summed E-state index contributed by atoms with van der Waals surface area (Å²) in [4.78, 5) is 10.8. The molecule has 0 amide bonds. The fourth-order valence-electron chi connectivity index (χ4n) is 2.17. The van der Waals surface area contributed by atoms with Crippen LogP contribution in [-0.2, 0) is 0 Å². The number of benzene rings is 2. The molecule has 1 heterocycles. The highest BCUT2D eigenvalue weighted by Gasteiger charge is 2.18. The molecule has 4 nitrogen and oxygen atoms in total. The molecule has 3 aromatic rings. The van der Waals surface area contributed by atoms with Gasteiger partial charge in [0.05, 0.1) is 20.3 Å². The zero-order chi connectivity index (χ0) is 13.4. The summed E-state index contributed by atoms with van der Waals surface area (Å²) in [5.74, 6) is 0. The van der Waals surface area contributed by atoms with E-state index < -0.39 is 0 Å². The number of halogens is 1. The van der Waals surface area contributed by atoms with E-state index in [9.17, 15) is 10.1 Å². The Morgan fingerprint density at radius 3 is 2.47 bits per heavy atom. The van der Waals surface area contributed by atoms with Crippen molar-refractivity contribution < 1.29 is 4.92 Å². The van der Waals surface area contributed by atoms with Crippen LogP contribution in [0.2, 0.25) is 0 Å². The van der Waals surface area contributed by atoms with Crippen molar-refractivity contribution >= 4 is 32.5 Å². The molecule has 3 rings (SSSR count). The normalized spacial score (nSPS) is 10.8. The Labute approximate surface area is 117 Å². The number of fused-ring (bicyclic) bond motifs is 1. The summed E-state index contributed by atoms with van der Waals surface area (Å²) in [6.45, 7) is 0. The lowest BCUT2D eigenvalue weighted by atomic mass is 10.2. The van der Waals surface area contributed by atoms with Gasteiger partial charge in [-0.15, -0.1) is 0 Å². The van der Waals surface area contributed by atoms with Crippen molar-refractivity contribution in [3.8, 4) is 5.69 Å². The SMILES string of the molecule is O=[N+]([O-])c1c(Br)ccc2c1ccn2-c1ccccc1. The standard InChI is InChI=1S/C14H9BrN2O2/c15-12-6-7-13-11(14(12)17(18)19)8-9-16(13)10-4-2-1-3-5-10/h1-9H. The highest BCUT2D eigenvalue weighted by atomic mass is 79.9. The first kappa shape index (κ1) is 11.9. The molecule has 94 valence electrons. The van der Waals surface area contributed by atoms with E-state index in [1.54, 1.807) is 12.1 Å².